The molecule has 0 bridgehead atoms. The second kappa shape index (κ2) is 8.90. The molecule has 140 valence electrons. The van der Waals surface area contributed by atoms with Gasteiger partial charge in [0.2, 0.25) is 0 Å². The maximum atomic E-state index is 12.3. The first-order valence-corrected chi connectivity index (χ1v) is 9.67. The van der Waals surface area contributed by atoms with Crippen LogP contribution in [-0.4, -0.2) is 64.2 Å². The average Bonchev–Trinajstić information content (AvgIpc) is 3.04. The number of sulfonamides is 1. The van der Waals surface area contributed by atoms with Crippen molar-refractivity contribution in [1.82, 2.24) is 4.31 Å². The van der Waals surface area contributed by atoms with Crippen molar-refractivity contribution in [1.29, 1.82) is 0 Å². The molecule has 1 aromatic carbocycles. The zero-order valence-corrected chi connectivity index (χ0v) is 15.3. The molecule has 11 heteroatoms. The molecule has 26 heavy (non-hydrogen) atoms. The predicted octanol–water partition coefficient (Wildman–Crippen LogP) is 0.187. The summed E-state index contributed by atoms with van der Waals surface area (Å²) in [7, 11) is -3.33. The van der Waals surface area contributed by atoms with E-state index in [1.807, 2.05) is 0 Å². The van der Waals surface area contributed by atoms with Gasteiger partial charge in [-0.1, -0.05) is 0 Å². The Morgan fingerprint density at radius 2 is 2.15 bits per heavy atom. The Bertz CT molecular complexity index is 797. The molecule has 0 saturated heterocycles. The normalized spacial score (nSPS) is 14.4. The summed E-state index contributed by atoms with van der Waals surface area (Å²) in [5.74, 6) is 0.335. The zero-order valence-electron chi connectivity index (χ0n) is 14.5. The van der Waals surface area contributed by atoms with Gasteiger partial charge in [-0.2, -0.15) is 0 Å². The first-order chi connectivity index (χ1) is 12.4. The van der Waals surface area contributed by atoms with E-state index < -0.39 is 22.0 Å². The summed E-state index contributed by atoms with van der Waals surface area (Å²) in [6.07, 6.45) is 1.96. The SMILES string of the molecule is CCOC(=O)C(CN=CB=O)N(Cc1ccc2c(c1)OCO2)S(C)(=O)=O. The molecule has 0 radical (unpaired) electrons. The summed E-state index contributed by atoms with van der Waals surface area (Å²) >= 11 is 0. The number of aliphatic imine (C=N–C) groups is 1. The Hall–Kier alpha value is -2.27. The monoisotopic (exact) mass is 382 g/mol. The third kappa shape index (κ3) is 5.12. The molecule has 0 aliphatic carbocycles. The number of carbonyl (C=O) groups excluding carboxylic acids is 1. The van der Waals surface area contributed by atoms with E-state index in [9.17, 15) is 17.9 Å². The first-order valence-electron chi connectivity index (χ1n) is 7.82. The van der Waals surface area contributed by atoms with E-state index in [-0.39, 0.29) is 26.5 Å². The third-order valence-electron chi connectivity index (χ3n) is 3.55. The summed E-state index contributed by atoms with van der Waals surface area (Å²) in [4.78, 5) is 16.1. The maximum absolute atomic E-state index is 12.3. The van der Waals surface area contributed by atoms with Gasteiger partial charge < -0.3 is 0 Å². The van der Waals surface area contributed by atoms with Gasteiger partial charge in [0.05, 0.1) is 0 Å². The Morgan fingerprint density at radius 3 is 2.81 bits per heavy atom. The van der Waals surface area contributed by atoms with Gasteiger partial charge in [-0.05, 0) is 0 Å². The second-order valence-electron chi connectivity index (χ2n) is 5.41. The fourth-order valence-electron chi connectivity index (χ4n) is 2.40. The van der Waals surface area contributed by atoms with Gasteiger partial charge in [0.25, 0.3) is 0 Å². The van der Waals surface area contributed by atoms with E-state index in [0.717, 1.165) is 16.7 Å². The summed E-state index contributed by atoms with van der Waals surface area (Å²) in [5, 5.41) is 0. The van der Waals surface area contributed by atoms with Gasteiger partial charge in [0.1, 0.15) is 0 Å². The van der Waals surface area contributed by atoms with E-state index >= 15 is 0 Å². The molecule has 0 aromatic heterocycles. The van der Waals surface area contributed by atoms with Crippen molar-refractivity contribution in [3.05, 3.63) is 23.8 Å². The third-order valence-corrected chi connectivity index (χ3v) is 4.79. The van der Waals surface area contributed by atoms with E-state index in [1.165, 1.54) is 0 Å². The van der Waals surface area contributed by atoms with Gasteiger partial charge in [0, 0.05) is 0 Å². The summed E-state index contributed by atoms with van der Waals surface area (Å²) in [6.45, 7) is 1.49. The van der Waals surface area contributed by atoms with Crippen molar-refractivity contribution in [2.45, 2.75) is 19.5 Å². The van der Waals surface area contributed by atoms with E-state index in [2.05, 4.69) is 4.99 Å². The van der Waals surface area contributed by atoms with Crippen molar-refractivity contribution < 1.29 is 32.1 Å². The van der Waals surface area contributed by atoms with Crippen LogP contribution in [-0.2, 0) is 30.8 Å². The van der Waals surface area contributed by atoms with Gasteiger partial charge in [-0.3, -0.25) is 0 Å². The van der Waals surface area contributed by atoms with Crippen molar-refractivity contribution >= 4 is 29.3 Å². The molecule has 2 rings (SSSR count). The van der Waals surface area contributed by atoms with Crippen LogP contribution >= 0.6 is 0 Å². The minimum atomic E-state index is -3.78. The molecule has 0 N–H and O–H groups in total. The average molecular weight is 382 g/mol. The Balaban J connectivity index is 2.31. The minimum absolute atomic E-state index is 0.0877. The molecule has 1 heterocycles. The van der Waals surface area contributed by atoms with Crippen LogP contribution < -0.4 is 9.47 Å². The van der Waals surface area contributed by atoms with E-state index in [4.69, 9.17) is 14.2 Å². The van der Waals surface area contributed by atoms with Crippen LogP contribution in [0.3, 0.4) is 0 Å². The quantitative estimate of drug-likeness (QED) is 0.340. The summed E-state index contributed by atoms with van der Waals surface area (Å²) in [6, 6.07) is 3.81. The summed E-state index contributed by atoms with van der Waals surface area (Å²) < 4.78 is 51.5. The molecule has 1 atom stereocenters. The fourth-order valence-corrected chi connectivity index (χ4v) is 3.40. The van der Waals surface area contributed by atoms with Crippen LogP contribution in [0.25, 0.3) is 0 Å². The molecule has 0 fully saturated rings. The molecule has 1 unspecified atom stereocenters. The van der Waals surface area contributed by atoms with Gasteiger partial charge in [-0.25, -0.2) is 0 Å². The van der Waals surface area contributed by atoms with Crippen LogP contribution in [0.1, 0.15) is 12.5 Å². The van der Waals surface area contributed by atoms with Crippen molar-refractivity contribution in [3.8, 4) is 11.5 Å². The molecule has 1 aromatic rings. The molecular formula is C15H19BN2O7S. The number of rotatable bonds is 9. The molecule has 0 amide bonds. The molecule has 1 aliphatic heterocycles. The Morgan fingerprint density at radius 1 is 1.42 bits per heavy atom. The molecular weight excluding hydrogens is 363 g/mol. The van der Waals surface area contributed by atoms with Crippen molar-refractivity contribution in [3.63, 3.8) is 0 Å². The topological polar surface area (TPSA) is 112 Å². The van der Waals surface area contributed by atoms with Gasteiger partial charge >= 0.3 is 152 Å². The number of fused-ring (bicyclic) bond motifs is 1. The zero-order chi connectivity index (χ0) is 19.2. The second-order valence-corrected chi connectivity index (χ2v) is 7.35. The van der Waals surface area contributed by atoms with Crippen LogP contribution in [0.15, 0.2) is 23.2 Å². The Labute approximate surface area is 152 Å². The number of ether oxygens (including phenoxy) is 3. The predicted molar refractivity (Wildman–Crippen MR) is 93.2 cm³/mol. The molecule has 0 saturated carbocycles. The van der Waals surface area contributed by atoms with Crippen LogP contribution in [0.2, 0.25) is 0 Å². The van der Waals surface area contributed by atoms with Crippen LogP contribution in [0, 0.1) is 0 Å². The van der Waals surface area contributed by atoms with E-state index in [1.54, 1.807) is 25.1 Å². The number of nitrogens with zero attached hydrogens (tertiary/aromatic N) is 2. The Kier molecular flexibility index (Phi) is 6.87. The number of hydrogen-bond acceptors (Lipinski definition) is 8. The first kappa shape index (κ1) is 20.1. The standard InChI is InChI=1S/C15H19BN2O7S/c1-3-23-15(19)12(7-17-9-16-20)18(26(2,21)22)8-11-4-5-13-14(6-11)25-10-24-13/h4-6,9,12H,3,7-8,10H2,1-2H3. The van der Waals surface area contributed by atoms with Crippen molar-refractivity contribution in [2.24, 2.45) is 4.99 Å². The number of hydrogen-bond donors (Lipinski definition) is 0. The fraction of sp³-hybridized carbons (Fsp3) is 0.467. The van der Waals surface area contributed by atoms with Crippen molar-refractivity contribution in [2.75, 3.05) is 26.2 Å². The summed E-state index contributed by atoms with van der Waals surface area (Å²) in [5.41, 5.74) is 0.605. The number of benzene rings is 1. The van der Waals surface area contributed by atoms with Gasteiger partial charge in [0.15, 0.2) is 0 Å². The number of carbonyl (C=O) groups is 1. The molecule has 9 nitrogen and oxygen atoms in total. The van der Waals surface area contributed by atoms with Crippen LogP contribution in [0.4, 0.5) is 0 Å². The number of esters is 1. The molecule has 0 spiro atoms. The van der Waals surface area contributed by atoms with Crippen LogP contribution in [0.5, 0.6) is 11.5 Å². The van der Waals surface area contributed by atoms with Gasteiger partial charge in [-0.15, -0.1) is 0 Å². The molecule has 1 aliphatic rings. The van der Waals surface area contributed by atoms with E-state index in [0.29, 0.717) is 24.2 Å².